The van der Waals surface area contributed by atoms with Gasteiger partial charge >= 0.3 is 0 Å². The molecular formula is C21H27N5O3. The number of amides is 2. The van der Waals surface area contributed by atoms with Gasteiger partial charge in [-0.1, -0.05) is 18.2 Å². The number of rotatable bonds is 6. The van der Waals surface area contributed by atoms with E-state index in [1.54, 1.807) is 29.2 Å². The number of benzene rings is 1. The number of carbonyl (C=O) groups is 2. The summed E-state index contributed by atoms with van der Waals surface area (Å²) in [5, 5.41) is 6.17. The molecule has 8 heteroatoms. The van der Waals surface area contributed by atoms with Crippen LogP contribution in [0.25, 0.3) is 0 Å². The minimum absolute atomic E-state index is 0.0831. The van der Waals surface area contributed by atoms with Gasteiger partial charge < -0.3 is 24.9 Å². The van der Waals surface area contributed by atoms with E-state index in [9.17, 15) is 9.59 Å². The Hall–Kier alpha value is -3.29. The first-order chi connectivity index (χ1) is 14.2. The van der Waals surface area contributed by atoms with E-state index in [1.807, 2.05) is 25.1 Å². The Labute approximate surface area is 170 Å². The van der Waals surface area contributed by atoms with E-state index in [4.69, 9.17) is 4.42 Å². The summed E-state index contributed by atoms with van der Waals surface area (Å²) in [4.78, 5) is 33.0. The Kier molecular flexibility index (Phi) is 7.27. The molecule has 0 spiro atoms. The number of guanidine groups is 1. The van der Waals surface area contributed by atoms with Crippen molar-refractivity contribution in [3.8, 4) is 0 Å². The van der Waals surface area contributed by atoms with Gasteiger partial charge in [0.15, 0.2) is 11.7 Å². The van der Waals surface area contributed by atoms with Gasteiger partial charge in [-0.15, -0.1) is 0 Å². The Morgan fingerprint density at radius 3 is 2.38 bits per heavy atom. The summed E-state index contributed by atoms with van der Waals surface area (Å²) in [7, 11) is 0. The SMILES string of the molecule is CCNC(=NCCNC(=O)c1ccccc1)N1CCN(C(=O)c2ccco2)CC1. The fourth-order valence-electron chi connectivity index (χ4n) is 3.13. The molecule has 0 bridgehead atoms. The molecule has 0 saturated carbocycles. The Morgan fingerprint density at radius 1 is 1.00 bits per heavy atom. The predicted octanol–water partition coefficient (Wildman–Crippen LogP) is 1.43. The van der Waals surface area contributed by atoms with E-state index in [1.165, 1.54) is 6.26 Å². The Morgan fingerprint density at radius 2 is 1.72 bits per heavy atom. The highest BCUT2D eigenvalue weighted by Crippen LogP contribution is 2.09. The van der Waals surface area contributed by atoms with Crippen LogP contribution in [0, 0.1) is 0 Å². The normalized spacial score (nSPS) is 14.6. The number of piperazine rings is 1. The maximum Gasteiger partial charge on any atom is 0.289 e. The molecule has 1 aliphatic rings. The molecule has 1 aromatic heterocycles. The topological polar surface area (TPSA) is 90.2 Å². The second kappa shape index (κ2) is 10.3. The van der Waals surface area contributed by atoms with Crippen LogP contribution in [0.5, 0.6) is 0 Å². The minimum Gasteiger partial charge on any atom is -0.459 e. The van der Waals surface area contributed by atoms with Gasteiger partial charge in [0.2, 0.25) is 0 Å². The lowest BCUT2D eigenvalue weighted by atomic mass is 10.2. The van der Waals surface area contributed by atoms with E-state index >= 15 is 0 Å². The van der Waals surface area contributed by atoms with Gasteiger partial charge in [-0.05, 0) is 31.2 Å². The van der Waals surface area contributed by atoms with Crippen molar-refractivity contribution < 1.29 is 14.0 Å². The van der Waals surface area contributed by atoms with Crippen molar-refractivity contribution >= 4 is 17.8 Å². The molecule has 2 amide bonds. The van der Waals surface area contributed by atoms with Crippen LogP contribution >= 0.6 is 0 Å². The molecule has 0 unspecified atom stereocenters. The molecule has 1 aliphatic heterocycles. The van der Waals surface area contributed by atoms with Gasteiger partial charge in [0.1, 0.15) is 0 Å². The van der Waals surface area contributed by atoms with Crippen molar-refractivity contribution in [2.45, 2.75) is 6.92 Å². The Balaban J connectivity index is 1.48. The van der Waals surface area contributed by atoms with Crippen molar-refractivity contribution in [3.63, 3.8) is 0 Å². The standard InChI is InChI=1S/C21H27N5O3/c1-2-22-21(24-11-10-23-19(27)17-7-4-3-5-8-17)26-14-12-25(13-15-26)20(28)18-9-6-16-29-18/h3-9,16H,2,10-15H2,1H3,(H,22,24)(H,23,27). The third kappa shape index (κ3) is 5.60. The maximum atomic E-state index is 12.4. The van der Waals surface area contributed by atoms with Crippen molar-refractivity contribution in [3.05, 3.63) is 60.1 Å². The second-order valence-electron chi connectivity index (χ2n) is 6.61. The van der Waals surface area contributed by atoms with Crippen LogP contribution in [0.15, 0.2) is 58.1 Å². The molecule has 2 aromatic rings. The molecule has 0 radical (unpaired) electrons. The first-order valence-corrected chi connectivity index (χ1v) is 9.88. The average Bonchev–Trinajstić information content (AvgIpc) is 3.31. The molecule has 2 heterocycles. The number of furan rings is 1. The van der Waals surface area contributed by atoms with Crippen LogP contribution in [0.3, 0.4) is 0 Å². The third-order valence-corrected chi connectivity index (χ3v) is 4.63. The number of nitrogens with zero attached hydrogens (tertiary/aromatic N) is 3. The summed E-state index contributed by atoms with van der Waals surface area (Å²) in [5.74, 6) is 0.982. The molecule has 1 fully saturated rings. The largest absolute Gasteiger partial charge is 0.459 e. The molecule has 1 aromatic carbocycles. The predicted molar refractivity (Wildman–Crippen MR) is 111 cm³/mol. The van der Waals surface area contributed by atoms with Crippen molar-refractivity contribution in [1.82, 2.24) is 20.4 Å². The van der Waals surface area contributed by atoms with Crippen molar-refractivity contribution in [2.75, 3.05) is 45.8 Å². The van der Waals surface area contributed by atoms with Crippen LogP contribution < -0.4 is 10.6 Å². The highest BCUT2D eigenvalue weighted by molar-refractivity contribution is 5.94. The number of aliphatic imine (C=N–C) groups is 1. The zero-order chi connectivity index (χ0) is 20.5. The summed E-state index contributed by atoms with van der Waals surface area (Å²) in [6.07, 6.45) is 1.51. The average molecular weight is 397 g/mol. The highest BCUT2D eigenvalue weighted by Gasteiger charge is 2.25. The van der Waals surface area contributed by atoms with Gasteiger partial charge in [0.05, 0.1) is 12.8 Å². The quantitative estimate of drug-likeness (QED) is 0.437. The van der Waals surface area contributed by atoms with Crippen molar-refractivity contribution in [1.29, 1.82) is 0 Å². The monoisotopic (exact) mass is 397 g/mol. The fourth-order valence-corrected chi connectivity index (χ4v) is 3.13. The molecule has 8 nitrogen and oxygen atoms in total. The van der Waals surface area contributed by atoms with E-state index in [0.717, 1.165) is 12.5 Å². The first-order valence-electron chi connectivity index (χ1n) is 9.88. The molecule has 1 saturated heterocycles. The zero-order valence-corrected chi connectivity index (χ0v) is 16.6. The van der Waals surface area contributed by atoms with Crippen LogP contribution in [0.4, 0.5) is 0 Å². The molecule has 154 valence electrons. The van der Waals surface area contributed by atoms with E-state index in [0.29, 0.717) is 50.6 Å². The minimum atomic E-state index is -0.101. The van der Waals surface area contributed by atoms with E-state index < -0.39 is 0 Å². The second-order valence-corrected chi connectivity index (χ2v) is 6.61. The summed E-state index contributed by atoms with van der Waals surface area (Å²) in [6, 6.07) is 12.5. The highest BCUT2D eigenvalue weighted by atomic mass is 16.3. The van der Waals surface area contributed by atoms with E-state index in [2.05, 4.69) is 20.5 Å². The third-order valence-electron chi connectivity index (χ3n) is 4.63. The molecule has 2 N–H and O–H groups in total. The van der Waals surface area contributed by atoms with Gasteiger partial charge in [0.25, 0.3) is 11.8 Å². The maximum absolute atomic E-state index is 12.4. The number of hydrogen-bond acceptors (Lipinski definition) is 4. The summed E-state index contributed by atoms with van der Waals surface area (Å²) >= 11 is 0. The number of nitrogens with one attached hydrogen (secondary N) is 2. The van der Waals surface area contributed by atoms with Crippen molar-refractivity contribution in [2.24, 2.45) is 4.99 Å². The molecule has 0 aliphatic carbocycles. The van der Waals surface area contributed by atoms with Gasteiger partial charge in [-0.3, -0.25) is 14.6 Å². The molecule has 0 atom stereocenters. The smallest absolute Gasteiger partial charge is 0.289 e. The van der Waals surface area contributed by atoms with Gasteiger partial charge in [-0.25, -0.2) is 0 Å². The number of carbonyl (C=O) groups excluding carboxylic acids is 2. The Bertz CT molecular complexity index is 812. The molecular weight excluding hydrogens is 370 g/mol. The summed E-state index contributed by atoms with van der Waals surface area (Å²) < 4.78 is 5.20. The molecule has 29 heavy (non-hydrogen) atoms. The van der Waals surface area contributed by atoms with E-state index in [-0.39, 0.29) is 11.8 Å². The lowest BCUT2D eigenvalue weighted by Crippen LogP contribution is -2.53. The van der Waals surface area contributed by atoms with Crippen LogP contribution in [0.1, 0.15) is 27.8 Å². The lowest BCUT2D eigenvalue weighted by molar-refractivity contribution is 0.0657. The first kappa shape index (κ1) is 20.4. The molecule has 3 rings (SSSR count). The van der Waals surface area contributed by atoms with Gasteiger partial charge in [0, 0.05) is 44.8 Å². The number of hydrogen-bond donors (Lipinski definition) is 2. The van der Waals surface area contributed by atoms with Crippen LogP contribution in [-0.2, 0) is 0 Å². The summed E-state index contributed by atoms with van der Waals surface area (Å²) in [6.45, 7) is 6.29. The summed E-state index contributed by atoms with van der Waals surface area (Å²) in [5.41, 5.74) is 0.640. The fraction of sp³-hybridized carbons (Fsp3) is 0.381. The lowest BCUT2D eigenvalue weighted by Gasteiger charge is -2.36. The van der Waals surface area contributed by atoms with Gasteiger partial charge in [-0.2, -0.15) is 0 Å². The zero-order valence-electron chi connectivity index (χ0n) is 16.6. The van der Waals surface area contributed by atoms with Crippen LogP contribution in [0.2, 0.25) is 0 Å². The van der Waals surface area contributed by atoms with Crippen LogP contribution in [-0.4, -0.2) is 73.4 Å².